The molecule has 0 fully saturated rings. The molecule has 0 spiro atoms. The Kier molecular flexibility index (Phi) is 8.60. The molecule has 9 heteroatoms. The minimum absolute atomic E-state index is 0.136. The molecule has 0 aliphatic carbocycles. The van der Waals surface area contributed by atoms with E-state index in [0.717, 1.165) is 25.1 Å². The molecule has 0 radical (unpaired) electrons. The Balaban J connectivity index is 1.47. The monoisotopic (exact) mass is 483 g/mol. The molecular weight excluding hydrogens is 450 g/mol. The summed E-state index contributed by atoms with van der Waals surface area (Å²) in [7, 11) is -2.11. The Morgan fingerprint density at radius 3 is 2.35 bits per heavy atom. The van der Waals surface area contributed by atoms with Crippen LogP contribution in [-0.2, 0) is 28.5 Å². The van der Waals surface area contributed by atoms with Crippen molar-refractivity contribution in [1.82, 2.24) is 24.9 Å². The quantitative estimate of drug-likeness (QED) is 0.344. The van der Waals surface area contributed by atoms with Crippen molar-refractivity contribution in [3.63, 3.8) is 0 Å². The molecule has 1 heterocycles. The van der Waals surface area contributed by atoms with E-state index in [4.69, 9.17) is 0 Å². The van der Waals surface area contributed by atoms with Crippen molar-refractivity contribution >= 4 is 15.9 Å². The van der Waals surface area contributed by atoms with Gasteiger partial charge in [0.1, 0.15) is 0 Å². The minimum Gasteiger partial charge on any atom is -0.355 e. The van der Waals surface area contributed by atoms with Crippen molar-refractivity contribution in [3.8, 4) is 0 Å². The zero-order valence-electron chi connectivity index (χ0n) is 19.9. The van der Waals surface area contributed by atoms with E-state index in [1.165, 1.54) is 36.9 Å². The Labute approximate surface area is 201 Å². The van der Waals surface area contributed by atoms with Crippen LogP contribution >= 0.6 is 0 Å². The first-order chi connectivity index (χ1) is 16.2. The van der Waals surface area contributed by atoms with E-state index >= 15 is 0 Å². The third-order valence-electron chi connectivity index (χ3n) is 5.75. The molecule has 0 bridgehead atoms. The van der Waals surface area contributed by atoms with Crippen LogP contribution in [0.2, 0.25) is 0 Å². The fourth-order valence-electron chi connectivity index (χ4n) is 3.61. The van der Waals surface area contributed by atoms with Gasteiger partial charge in [-0.05, 0) is 68.6 Å². The van der Waals surface area contributed by atoms with Crippen molar-refractivity contribution in [3.05, 3.63) is 83.9 Å². The second-order valence-electron chi connectivity index (χ2n) is 8.65. The predicted molar refractivity (Wildman–Crippen MR) is 133 cm³/mol. The molecule has 8 nitrogen and oxygen atoms in total. The fourth-order valence-corrected chi connectivity index (χ4v) is 4.65. The molecule has 3 rings (SSSR count). The van der Waals surface area contributed by atoms with Gasteiger partial charge in [0.05, 0.1) is 11.2 Å². The summed E-state index contributed by atoms with van der Waals surface area (Å²) in [6.07, 6.45) is 7.16. The minimum atomic E-state index is -3.64. The first-order valence-electron chi connectivity index (χ1n) is 11.3. The molecule has 0 aliphatic heterocycles. The van der Waals surface area contributed by atoms with Crippen LogP contribution in [0.15, 0.2) is 72.1 Å². The van der Waals surface area contributed by atoms with E-state index < -0.39 is 10.0 Å². The van der Waals surface area contributed by atoms with Crippen molar-refractivity contribution < 1.29 is 13.2 Å². The maximum absolute atomic E-state index is 12.5. The lowest BCUT2D eigenvalue weighted by Crippen LogP contribution is -2.37. The highest BCUT2D eigenvalue weighted by Gasteiger charge is 2.19. The largest absolute Gasteiger partial charge is 0.355 e. The van der Waals surface area contributed by atoms with Gasteiger partial charge in [-0.15, -0.1) is 0 Å². The number of aryl methyl sites for hydroxylation is 1. The van der Waals surface area contributed by atoms with Gasteiger partial charge in [-0.1, -0.05) is 24.3 Å². The number of hydrogen-bond donors (Lipinski definition) is 3. The van der Waals surface area contributed by atoms with Gasteiger partial charge in [-0.3, -0.25) is 4.79 Å². The number of carbonyl (C=O) groups is 1. The van der Waals surface area contributed by atoms with Gasteiger partial charge < -0.3 is 15.2 Å². The highest BCUT2D eigenvalue weighted by molar-refractivity contribution is 7.89. The van der Waals surface area contributed by atoms with Crippen LogP contribution in [0.1, 0.15) is 41.8 Å². The summed E-state index contributed by atoms with van der Waals surface area (Å²) in [4.78, 5) is 15.8. The number of aromatic nitrogens is 2. The molecule has 0 unspecified atom stereocenters. The molecule has 3 N–H and O–H groups in total. The lowest BCUT2D eigenvalue weighted by molar-refractivity contribution is 0.0963. The van der Waals surface area contributed by atoms with Crippen molar-refractivity contribution in [2.24, 2.45) is 0 Å². The van der Waals surface area contributed by atoms with Gasteiger partial charge in [0.2, 0.25) is 10.0 Å². The number of benzene rings is 2. The van der Waals surface area contributed by atoms with E-state index in [2.05, 4.69) is 50.9 Å². The molecule has 0 atom stereocenters. The summed E-state index contributed by atoms with van der Waals surface area (Å²) in [5, 5.41) is 6.11. The van der Waals surface area contributed by atoms with Crippen LogP contribution in [0.5, 0.6) is 0 Å². The summed E-state index contributed by atoms with van der Waals surface area (Å²) in [5.74, 6) is -0.256. The third kappa shape index (κ3) is 6.99. The summed E-state index contributed by atoms with van der Waals surface area (Å²) in [6, 6.07) is 14.1. The second-order valence-corrected chi connectivity index (χ2v) is 10.4. The molecule has 2 aromatic carbocycles. The molecule has 34 heavy (non-hydrogen) atoms. The van der Waals surface area contributed by atoms with Crippen molar-refractivity contribution in [2.75, 3.05) is 20.1 Å². The first kappa shape index (κ1) is 25.6. The number of amides is 1. The van der Waals surface area contributed by atoms with Crippen LogP contribution in [0, 0.1) is 0 Å². The lowest BCUT2D eigenvalue weighted by Gasteiger charge is -2.27. The summed E-state index contributed by atoms with van der Waals surface area (Å²) in [6.45, 7) is 6.41. The van der Waals surface area contributed by atoms with Gasteiger partial charge in [0.15, 0.2) is 0 Å². The summed E-state index contributed by atoms with van der Waals surface area (Å²) < 4.78 is 29.8. The van der Waals surface area contributed by atoms with E-state index in [0.29, 0.717) is 12.0 Å². The molecule has 3 aromatic rings. The van der Waals surface area contributed by atoms with Crippen LogP contribution < -0.4 is 15.4 Å². The highest BCUT2D eigenvalue weighted by Crippen LogP contribution is 2.21. The number of sulfonamides is 1. The second kappa shape index (κ2) is 11.4. The topological polar surface area (TPSA) is 105 Å². The molecule has 0 saturated heterocycles. The number of nitrogens with one attached hydrogen (secondary N) is 3. The SMILES string of the molecule is CNC(=O)c1ccc(S(=O)(=O)NCCc2ccc(C(C)(C)NCCCn3ccnc3)cc2)cc1. The average Bonchev–Trinajstić information content (AvgIpc) is 3.35. The van der Waals surface area contributed by atoms with Gasteiger partial charge >= 0.3 is 0 Å². The number of carbonyl (C=O) groups excluding carboxylic acids is 1. The number of rotatable bonds is 12. The van der Waals surface area contributed by atoms with E-state index in [1.807, 2.05) is 24.7 Å². The standard InChI is InChI=1S/C25H33N5O3S/c1-25(2,28-14-4-17-30-18-16-27-19-30)22-9-5-20(6-10-22)13-15-29-34(32,33)23-11-7-21(8-12-23)24(31)26-3/h5-12,16,18-19,28-29H,4,13-15,17H2,1-3H3,(H,26,31). The Morgan fingerprint density at radius 2 is 1.74 bits per heavy atom. The number of imidazole rings is 1. The summed E-state index contributed by atoms with van der Waals surface area (Å²) >= 11 is 0. The van der Waals surface area contributed by atoms with Gasteiger partial charge in [-0.2, -0.15) is 0 Å². The fraction of sp³-hybridized carbons (Fsp3) is 0.360. The first-order valence-corrected chi connectivity index (χ1v) is 12.8. The number of nitrogens with zero attached hydrogens (tertiary/aromatic N) is 2. The van der Waals surface area contributed by atoms with Crippen LogP contribution in [0.25, 0.3) is 0 Å². The molecule has 0 saturated carbocycles. The van der Waals surface area contributed by atoms with Crippen LogP contribution in [-0.4, -0.2) is 44.0 Å². The maximum atomic E-state index is 12.5. The normalized spacial score (nSPS) is 12.0. The van der Waals surface area contributed by atoms with Crippen LogP contribution in [0.4, 0.5) is 0 Å². The van der Waals surface area contributed by atoms with Crippen LogP contribution in [0.3, 0.4) is 0 Å². The smallest absolute Gasteiger partial charge is 0.251 e. The number of hydrogen-bond acceptors (Lipinski definition) is 5. The maximum Gasteiger partial charge on any atom is 0.251 e. The molecule has 1 aromatic heterocycles. The summed E-state index contributed by atoms with van der Waals surface area (Å²) in [5.41, 5.74) is 2.47. The average molecular weight is 484 g/mol. The molecule has 0 aliphatic rings. The molecule has 1 amide bonds. The van der Waals surface area contributed by atoms with Crippen molar-refractivity contribution in [2.45, 2.75) is 43.7 Å². The highest BCUT2D eigenvalue weighted by atomic mass is 32.2. The Morgan fingerprint density at radius 1 is 1.03 bits per heavy atom. The van der Waals surface area contributed by atoms with E-state index in [1.54, 1.807) is 6.20 Å². The zero-order valence-corrected chi connectivity index (χ0v) is 20.7. The Hall–Kier alpha value is -3.01. The third-order valence-corrected chi connectivity index (χ3v) is 7.23. The van der Waals surface area contributed by atoms with E-state index in [-0.39, 0.29) is 22.9 Å². The predicted octanol–water partition coefficient (Wildman–Crippen LogP) is 2.68. The van der Waals surface area contributed by atoms with E-state index in [9.17, 15) is 13.2 Å². The lowest BCUT2D eigenvalue weighted by atomic mass is 9.93. The Bertz CT molecular complexity index is 1160. The van der Waals surface area contributed by atoms with Gasteiger partial charge in [0.25, 0.3) is 5.91 Å². The van der Waals surface area contributed by atoms with Gasteiger partial charge in [-0.25, -0.2) is 18.1 Å². The zero-order chi connectivity index (χ0) is 24.6. The molecule has 182 valence electrons. The molecular formula is C25H33N5O3S. The van der Waals surface area contributed by atoms with Gasteiger partial charge in [0, 0.05) is 43.6 Å². The van der Waals surface area contributed by atoms with Crippen molar-refractivity contribution in [1.29, 1.82) is 0 Å².